The van der Waals surface area contributed by atoms with Crippen LogP contribution in [0.1, 0.15) is 29.8 Å². The first-order valence-corrected chi connectivity index (χ1v) is 10.4. The summed E-state index contributed by atoms with van der Waals surface area (Å²) in [5.41, 5.74) is 2.77. The second-order valence-corrected chi connectivity index (χ2v) is 9.11. The van der Waals surface area contributed by atoms with Gasteiger partial charge in [-0.2, -0.15) is 0 Å². The van der Waals surface area contributed by atoms with Crippen molar-refractivity contribution in [3.8, 4) is 0 Å². The van der Waals surface area contributed by atoms with E-state index in [0.29, 0.717) is 23.4 Å². The number of rotatable bonds is 4. The largest absolute Gasteiger partial charge is 0.322 e. The van der Waals surface area contributed by atoms with E-state index >= 15 is 0 Å². The Morgan fingerprint density at radius 1 is 1.28 bits per heavy atom. The number of hydrogen-bond acceptors (Lipinski definition) is 3. The number of benzene rings is 2. The average Bonchev–Trinajstić information content (AvgIpc) is 2.90. The molecule has 0 radical (unpaired) electrons. The zero-order chi connectivity index (χ0) is 18.2. The second kappa shape index (κ2) is 6.80. The fourth-order valence-corrected chi connectivity index (χ4v) is 4.85. The number of sulfonamides is 1. The van der Waals surface area contributed by atoms with Gasteiger partial charge >= 0.3 is 0 Å². The highest BCUT2D eigenvalue weighted by Gasteiger charge is 2.34. The van der Waals surface area contributed by atoms with Crippen molar-refractivity contribution in [3.63, 3.8) is 0 Å². The van der Waals surface area contributed by atoms with E-state index in [4.69, 9.17) is 0 Å². The summed E-state index contributed by atoms with van der Waals surface area (Å²) in [6, 6.07) is 12.4. The van der Waals surface area contributed by atoms with Crippen LogP contribution in [0, 0.1) is 0 Å². The third-order valence-electron chi connectivity index (χ3n) is 4.24. The van der Waals surface area contributed by atoms with Gasteiger partial charge in [-0.15, -0.1) is 0 Å². The fourth-order valence-electron chi connectivity index (χ4n) is 3.08. The molecule has 0 saturated heterocycles. The molecule has 1 N–H and O–H groups in total. The summed E-state index contributed by atoms with van der Waals surface area (Å²) in [5.74, 6) is -0.160. The molecule has 1 heterocycles. The minimum Gasteiger partial charge on any atom is -0.322 e. The van der Waals surface area contributed by atoms with Crippen LogP contribution >= 0.6 is 15.9 Å². The van der Waals surface area contributed by atoms with E-state index in [2.05, 4.69) is 21.2 Å². The topological polar surface area (TPSA) is 66.5 Å². The number of nitrogens with one attached hydrogen (secondary N) is 1. The molecule has 1 amide bonds. The molecule has 2 aromatic rings. The predicted molar refractivity (Wildman–Crippen MR) is 104 cm³/mol. The molecule has 2 aromatic carbocycles. The van der Waals surface area contributed by atoms with Crippen molar-refractivity contribution in [2.45, 2.75) is 26.3 Å². The van der Waals surface area contributed by atoms with Crippen LogP contribution in [-0.2, 0) is 16.4 Å². The Labute approximate surface area is 156 Å². The molecule has 0 aliphatic carbocycles. The zero-order valence-corrected chi connectivity index (χ0v) is 16.4. The van der Waals surface area contributed by atoms with E-state index in [0.717, 1.165) is 10.0 Å². The average molecular weight is 423 g/mol. The molecule has 1 aliphatic heterocycles. The summed E-state index contributed by atoms with van der Waals surface area (Å²) in [4.78, 5) is 12.5. The van der Waals surface area contributed by atoms with Crippen LogP contribution in [0.5, 0.6) is 0 Å². The molecular weight excluding hydrogens is 404 g/mol. The van der Waals surface area contributed by atoms with E-state index in [1.165, 1.54) is 4.31 Å². The molecule has 1 aliphatic rings. The molecule has 0 bridgehead atoms. The van der Waals surface area contributed by atoms with Gasteiger partial charge in [-0.1, -0.05) is 22.0 Å². The highest BCUT2D eigenvalue weighted by Crippen LogP contribution is 2.35. The summed E-state index contributed by atoms with van der Waals surface area (Å²) >= 11 is 3.37. The summed E-state index contributed by atoms with van der Waals surface area (Å²) in [5, 5.41) is 2.85. The number of halogens is 1. The molecular formula is C18H19BrN2O3S. The first kappa shape index (κ1) is 17.9. The summed E-state index contributed by atoms with van der Waals surface area (Å²) in [7, 11) is -3.32. The van der Waals surface area contributed by atoms with E-state index < -0.39 is 10.0 Å². The van der Waals surface area contributed by atoms with Crippen molar-refractivity contribution < 1.29 is 13.2 Å². The number of fused-ring (bicyclic) bond motifs is 1. The second-order valence-electron chi connectivity index (χ2n) is 6.06. The highest BCUT2D eigenvalue weighted by atomic mass is 79.9. The molecule has 0 fully saturated rings. The number of nitrogens with zero attached hydrogens (tertiary/aromatic N) is 1. The minimum atomic E-state index is -3.32. The number of hydrogen-bond donors (Lipinski definition) is 1. The molecule has 0 aromatic heterocycles. The van der Waals surface area contributed by atoms with Crippen LogP contribution in [0.4, 0.5) is 11.4 Å². The first-order chi connectivity index (χ1) is 11.8. The van der Waals surface area contributed by atoms with Gasteiger partial charge in [-0.25, -0.2) is 8.42 Å². The number of amides is 1. The third-order valence-corrected chi connectivity index (χ3v) is 6.62. The van der Waals surface area contributed by atoms with Gasteiger partial charge in [0.1, 0.15) is 0 Å². The van der Waals surface area contributed by atoms with E-state index in [-0.39, 0.29) is 17.7 Å². The Bertz CT molecular complexity index is 928. The van der Waals surface area contributed by atoms with Gasteiger partial charge in [0.15, 0.2) is 0 Å². The lowest BCUT2D eigenvalue weighted by molar-refractivity contribution is 0.102. The predicted octanol–water partition coefficient (Wildman–Crippen LogP) is 3.80. The van der Waals surface area contributed by atoms with Crippen molar-refractivity contribution in [2.24, 2.45) is 0 Å². The van der Waals surface area contributed by atoms with E-state index in [9.17, 15) is 13.2 Å². The van der Waals surface area contributed by atoms with E-state index in [1.807, 2.05) is 31.2 Å². The van der Waals surface area contributed by atoms with Crippen LogP contribution in [0.25, 0.3) is 0 Å². The van der Waals surface area contributed by atoms with Crippen LogP contribution in [0.15, 0.2) is 46.9 Å². The van der Waals surface area contributed by atoms with Gasteiger partial charge in [0.2, 0.25) is 10.0 Å². The van der Waals surface area contributed by atoms with Crippen molar-refractivity contribution in [1.29, 1.82) is 0 Å². The maximum Gasteiger partial charge on any atom is 0.255 e. The normalized spacial score (nSPS) is 16.6. The maximum absolute atomic E-state index is 12.5. The van der Waals surface area contributed by atoms with Crippen molar-refractivity contribution >= 4 is 43.2 Å². The number of anilines is 2. The Balaban J connectivity index is 1.87. The van der Waals surface area contributed by atoms with Crippen molar-refractivity contribution in [3.05, 3.63) is 58.1 Å². The van der Waals surface area contributed by atoms with Gasteiger partial charge in [0.25, 0.3) is 5.91 Å². The molecule has 132 valence electrons. The molecule has 1 atom stereocenters. The van der Waals surface area contributed by atoms with Crippen LogP contribution in [-0.4, -0.2) is 26.1 Å². The Morgan fingerprint density at radius 2 is 2.04 bits per heavy atom. The number of carbonyl (C=O) groups is 1. The zero-order valence-electron chi connectivity index (χ0n) is 14.0. The molecule has 0 spiro atoms. The van der Waals surface area contributed by atoms with Crippen molar-refractivity contribution in [1.82, 2.24) is 0 Å². The summed E-state index contributed by atoms with van der Waals surface area (Å²) in [6.45, 7) is 3.52. The standard InChI is InChI=1S/C18H19BrN2O3S/c1-3-25(23,24)21-12(2)9-14-10-13(7-8-17(14)21)18(22)20-16-6-4-5-15(19)11-16/h4-8,10-12H,3,9H2,1-2H3,(H,20,22)/t12-/m1/s1. The summed E-state index contributed by atoms with van der Waals surface area (Å²) < 4.78 is 27.0. The monoisotopic (exact) mass is 422 g/mol. The lowest BCUT2D eigenvalue weighted by Gasteiger charge is -2.23. The maximum atomic E-state index is 12.5. The van der Waals surface area contributed by atoms with Gasteiger partial charge in [-0.3, -0.25) is 9.10 Å². The Hall–Kier alpha value is -1.86. The molecule has 0 saturated carbocycles. The van der Waals surface area contributed by atoms with Gasteiger partial charge in [-0.05, 0) is 62.2 Å². The molecule has 0 unspecified atom stereocenters. The lowest BCUT2D eigenvalue weighted by atomic mass is 10.1. The minimum absolute atomic E-state index is 0.0574. The van der Waals surface area contributed by atoms with E-state index in [1.54, 1.807) is 25.1 Å². The lowest BCUT2D eigenvalue weighted by Crippen LogP contribution is -2.36. The quantitative estimate of drug-likeness (QED) is 0.814. The first-order valence-electron chi connectivity index (χ1n) is 8.04. The SMILES string of the molecule is CCS(=O)(=O)N1c2ccc(C(=O)Nc3cccc(Br)c3)cc2C[C@H]1C. The van der Waals surface area contributed by atoms with Gasteiger partial charge < -0.3 is 5.32 Å². The molecule has 25 heavy (non-hydrogen) atoms. The van der Waals surface area contributed by atoms with Crippen LogP contribution < -0.4 is 9.62 Å². The van der Waals surface area contributed by atoms with Crippen molar-refractivity contribution in [2.75, 3.05) is 15.4 Å². The van der Waals surface area contributed by atoms with Crippen LogP contribution in [0.3, 0.4) is 0 Å². The summed E-state index contributed by atoms with van der Waals surface area (Å²) in [6.07, 6.45) is 0.604. The Morgan fingerprint density at radius 3 is 2.72 bits per heavy atom. The molecule has 7 heteroatoms. The third kappa shape index (κ3) is 3.57. The molecule has 3 rings (SSSR count). The van der Waals surface area contributed by atoms with Gasteiger partial charge in [0.05, 0.1) is 11.4 Å². The Kier molecular flexibility index (Phi) is 4.88. The molecule has 5 nitrogen and oxygen atoms in total. The fraction of sp³-hybridized carbons (Fsp3) is 0.278. The highest BCUT2D eigenvalue weighted by molar-refractivity contribution is 9.10. The number of carbonyl (C=O) groups excluding carboxylic acids is 1. The smallest absolute Gasteiger partial charge is 0.255 e. The van der Waals surface area contributed by atoms with Gasteiger partial charge in [0, 0.05) is 21.8 Å². The van der Waals surface area contributed by atoms with Crippen LogP contribution in [0.2, 0.25) is 0 Å².